The predicted molar refractivity (Wildman–Crippen MR) is 67.8 cm³/mol. The molecule has 1 aliphatic heterocycles. The maximum atomic E-state index is 5.95. The third kappa shape index (κ3) is 2.76. The third-order valence-corrected chi connectivity index (χ3v) is 2.82. The highest BCUT2D eigenvalue weighted by atomic mass is 15.3. The molecule has 0 amide bonds. The minimum atomic E-state index is 0.516. The van der Waals surface area contributed by atoms with Crippen LogP contribution in [0.4, 0.5) is 0 Å². The minimum Gasteiger partial charge on any atom is -0.397 e. The first-order valence-corrected chi connectivity index (χ1v) is 5.42. The molecule has 0 aliphatic carbocycles. The number of nitrogens with two attached hydrogens (primary N) is 2. The Morgan fingerprint density at radius 3 is 2.25 bits per heavy atom. The molecule has 0 radical (unpaired) electrons. The third-order valence-electron chi connectivity index (χ3n) is 2.82. The fourth-order valence-corrected chi connectivity index (χ4v) is 1.66. The van der Waals surface area contributed by atoms with Crippen LogP contribution in [0.3, 0.4) is 0 Å². The summed E-state index contributed by atoms with van der Waals surface area (Å²) in [5, 5.41) is 0. The monoisotopic (exact) mass is 223 g/mol. The van der Waals surface area contributed by atoms with Gasteiger partial charge in [-0.2, -0.15) is 0 Å². The molecule has 0 spiro atoms. The van der Waals surface area contributed by atoms with Gasteiger partial charge in [-0.15, -0.1) is 0 Å². The second kappa shape index (κ2) is 5.55. The van der Waals surface area contributed by atoms with Gasteiger partial charge in [0.2, 0.25) is 0 Å². The van der Waals surface area contributed by atoms with E-state index < -0.39 is 0 Å². The van der Waals surface area contributed by atoms with Crippen molar-refractivity contribution < 1.29 is 0 Å². The molecule has 5 nitrogen and oxygen atoms in total. The molecule has 0 atom stereocenters. The van der Waals surface area contributed by atoms with Crippen LogP contribution < -0.4 is 11.5 Å². The van der Waals surface area contributed by atoms with Crippen molar-refractivity contribution >= 4 is 6.72 Å². The van der Waals surface area contributed by atoms with Gasteiger partial charge in [-0.05, 0) is 20.7 Å². The molecule has 16 heavy (non-hydrogen) atoms. The summed E-state index contributed by atoms with van der Waals surface area (Å²) in [5.74, 6) is 0.698. The van der Waals surface area contributed by atoms with E-state index in [0.29, 0.717) is 17.2 Å². The van der Waals surface area contributed by atoms with Crippen molar-refractivity contribution in [2.45, 2.75) is 6.92 Å². The van der Waals surface area contributed by atoms with Crippen molar-refractivity contribution in [2.24, 2.45) is 16.5 Å². The fraction of sp³-hybridized carbons (Fsp3) is 0.545. The second-order valence-electron chi connectivity index (χ2n) is 3.93. The Morgan fingerprint density at radius 1 is 1.25 bits per heavy atom. The zero-order valence-corrected chi connectivity index (χ0v) is 10.1. The first kappa shape index (κ1) is 12.6. The molecule has 0 saturated carbocycles. The average Bonchev–Trinajstić information content (AvgIpc) is 2.31. The maximum Gasteiger partial charge on any atom is 0.153 e. The quantitative estimate of drug-likeness (QED) is 0.519. The van der Waals surface area contributed by atoms with Gasteiger partial charge < -0.3 is 21.3 Å². The normalized spacial score (nSPS) is 20.6. The number of rotatable bonds is 3. The van der Waals surface area contributed by atoms with Crippen molar-refractivity contribution in [3.63, 3.8) is 0 Å². The van der Waals surface area contributed by atoms with E-state index in [9.17, 15) is 0 Å². The van der Waals surface area contributed by atoms with Gasteiger partial charge >= 0.3 is 0 Å². The van der Waals surface area contributed by atoms with Crippen LogP contribution in [0.1, 0.15) is 6.92 Å². The first-order chi connectivity index (χ1) is 7.60. The van der Waals surface area contributed by atoms with Crippen LogP contribution in [0.2, 0.25) is 0 Å². The summed E-state index contributed by atoms with van der Waals surface area (Å²) in [6, 6.07) is 0. The maximum absolute atomic E-state index is 5.95. The molecule has 0 unspecified atom stereocenters. The molecule has 1 rings (SSSR count). The van der Waals surface area contributed by atoms with Crippen LogP contribution in [0.15, 0.2) is 28.3 Å². The smallest absolute Gasteiger partial charge is 0.153 e. The van der Waals surface area contributed by atoms with E-state index in [1.54, 1.807) is 6.08 Å². The Morgan fingerprint density at radius 2 is 1.81 bits per heavy atom. The molecule has 0 aromatic heterocycles. The Hall–Kier alpha value is -1.49. The fourth-order valence-electron chi connectivity index (χ4n) is 1.66. The van der Waals surface area contributed by atoms with Crippen LogP contribution >= 0.6 is 0 Å². The van der Waals surface area contributed by atoms with E-state index in [4.69, 9.17) is 11.5 Å². The lowest BCUT2D eigenvalue weighted by Crippen LogP contribution is -2.44. The molecule has 90 valence electrons. The summed E-state index contributed by atoms with van der Waals surface area (Å²) in [5.41, 5.74) is 12.8. The zero-order chi connectivity index (χ0) is 12.1. The predicted octanol–water partition coefficient (Wildman–Crippen LogP) is -0.0753. The average molecular weight is 223 g/mol. The Bertz CT molecular complexity index is 310. The molecule has 1 saturated heterocycles. The molecule has 0 bridgehead atoms. The number of nitrogens with zero attached hydrogens (tertiary/aromatic N) is 3. The van der Waals surface area contributed by atoms with Crippen LogP contribution in [0.5, 0.6) is 0 Å². The van der Waals surface area contributed by atoms with Crippen molar-refractivity contribution in [1.29, 1.82) is 0 Å². The molecular formula is C11H21N5. The van der Waals surface area contributed by atoms with Crippen LogP contribution in [0.25, 0.3) is 0 Å². The summed E-state index contributed by atoms with van der Waals surface area (Å²) >= 11 is 0. The SMILES string of the molecule is C=N/C(=C(N)\C(N)=C/C)N1CCN(C)CC1. The summed E-state index contributed by atoms with van der Waals surface area (Å²) in [4.78, 5) is 8.39. The summed E-state index contributed by atoms with van der Waals surface area (Å²) in [6.07, 6.45) is 1.77. The summed E-state index contributed by atoms with van der Waals surface area (Å²) in [6.45, 7) is 9.24. The largest absolute Gasteiger partial charge is 0.397 e. The molecule has 0 aromatic rings. The van der Waals surface area contributed by atoms with E-state index in [1.165, 1.54) is 0 Å². The summed E-state index contributed by atoms with van der Waals surface area (Å²) in [7, 11) is 2.10. The highest BCUT2D eigenvalue weighted by molar-refractivity contribution is 5.35. The Labute approximate surface area is 97.1 Å². The second-order valence-corrected chi connectivity index (χ2v) is 3.93. The zero-order valence-electron chi connectivity index (χ0n) is 10.1. The highest BCUT2D eigenvalue weighted by Crippen LogP contribution is 2.14. The Kier molecular flexibility index (Phi) is 4.37. The highest BCUT2D eigenvalue weighted by Gasteiger charge is 2.18. The molecule has 1 aliphatic rings. The van der Waals surface area contributed by atoms with Crippen molar-refractivity contribution in [3.05, 3.63) is 23.3 Å². The van der Waals surface area contributed by atoms with Crippen LogP contribution in [0, 0.1) is 0 Å². The van der Waals surface area contributed by atoms with Gasteiger partial charge in [-0.3, -0.25) is 0 Å². The van der Waals surface area contributed by atoms with Gasteiger partial charge in [0.25, 0.3) is 0 Å². The molecule has 1 fully saturated rings. The summed E-state index contributed by atoms with van der Waals surface area (Å²) < 4.78 is 0. The van der Waals surface area contributed by atoms with Crippen LogP contribution in [-0.4, -0.2) is 49.7 Å². The first-order valence-electron chi connectivity index (χ1n) is 5.42. The Balaban J connectivity index is 2.86. The number of piperazine rings is 1. The topological polar surface area (TPSA) is 70.9 Å². The standard InChI is InChI=1S/C11H21N5/c1-4-9(12)10(13)11(14-2)16-7-5-15(3)6-8-16/h4H,2,5-8,12-13H2,1,3H3/b9-4+,11-10-. The van der Waals surface area contributed by atoms with E-state index in [-0.39, 0.29) is 0 Å². The van der Waals surface area contributed by atoms with Crippen LogP contribution in [-0.2, 0) is 0 Å². The van der Waals surface area contributed by atoms with Gasteiger partial charge in [-0.25, -0.2) is 4.99 Å². The van der Waals surface area contributed by atoms with Gasteiger partial charge in [0.05, 0.1) is 11.4 Å². The van der Waals surface area contributed by atoms with E-state index in [2.05, 4.69) is 28.6 Å². The van der Waals surface area contributed by atoms with Crippen molar-refractivity contribution in [3.8, 4) is 0 Å². The van der Waals surface area contributed by atoms with Gasteiger partial charge in [-0.1, -0.05) is 6.08 Å². The molecule has 5 heteroatoms. The molecule has 0 aromatic carbocycles. The van der Waals surface area contributed by atoms with Gasteiger partial charge in [0.15, 0.2) is 5.82 Å². The van der Waals surface area contributed by atoms with Gasteiger partial charge in [0.1, 0.15) is 0 Å². The lowest BCUT2D eigenvalue weighted by atomic mass is 10.2. The molecular weight excluding hydrogens is 202 g/mol. The molecule has 4 N–H and O–H groups in total. The lowest BCUT2D eigenvalue weighted by Gasteiger charge is -2.34. The van der Waals surface area contributed by atoms with Crippen molar-refractivity contribution in [1.82, 2.24) is 9.80 Å². The number of hydrogen-bond donors (Lipinski definition) is 2. The van der Waals surface area contributed by atoms with E-state index >= 15 is 0 Å². The minimum absolute atomic E-state index is 0.516. The number of aliphatic imine (C=N–C) groups is 1. The van der Waals surface area contributed by atoms with Gasteiger partial charge in [0, 0.05) is 26.2 Å². The number of hydrogen-bond acceptors (Lipinski definition) is 5. The van der Waals surface area contributed by atoms with Crippen molar-refractivity contribution in [2.75, 3.05) is 33.2 Å². The van der Waals surface area contributed by atoms with E-state index in [0.717, 1.165) is 26.2 Å². The number of likely N-dealkylation sites (N-methyl/N-ethyl adjacent to an activating group) is 1. The lowest BCUT2D eigenvalue weighted by molar-refractivity contribution is 0.184. The molecule has 1 heterocycles. The van der Waals surface area contributed by atoms with E-state index in [1.807, 2.05) is 6.92 Å². The number of allylic oxidation sites excluding steroid dienone is 1.